The molecule has 59 heavy (non-hydrogen) atoms. The number of phenolic OH excluding ortho intramolecular Hbond substituents is 4. The Labute approximate surface area is 398 Å². The molecule has 10 nitrogen and oxygen atoms in total. The minimum absolute atomic E-state index is 0.0347. The van der Waals surface area contributed by atoms with Crippen LogP contribution in [0.5, 0.6) is 23.0 Å². The maximum Gasteiger partial charge on any atom is 0.153 e. The zero-order valence-electron chi connectivity index (χ0n) is 33.7. The number of aromatic hydroxyl groups is 4. The number of halogens is 4. The van der Waals surface area contributed by atoms with Crippen LogP contribution >= 0.6 is 75.6 Å². The molecule has 0 spiro atoms. The second-order valence-corrected chi connectivity index (χ2v) is 28.3. The number of aldehydes is 2. The summed E-state index contributed by atoms with van der Waals surface area (Å²) in [7, 11) is 4.61. The van der Waals surface area contributed by atoms with E-state index in [-0.39, 0.29) is 23.0 Å². The van der Waals surface area contributed by atoms with E-state index < -0.39 is 18.4 Å². The Morgan fingerprint density at radius 2 is 0.983 bits per heavy atom. The number of rotatable bonds is 15. The molecule has 322 valence electrons. The Morgan fingerprint density at radius 1 is 0.593 bits per heavy atom. The molecule has 4 rings (SSSR count). The summed E-state index contributed by atoms with van der Waals surface area (Å²) in [4.78, 5) is 20.3. The molecule has 0 heterocycles. The van der Waals surface area contributed by atoms with Crippen molar-refractivity contribution in [3.05, 3.63) is 131 Å². The van der Waals surface area contributed by atoms with E-state index in [1.54, 1.807) is 102 Å². The van der Waals surface area contributed by atoms with Crippen LogP contribution in [-0.4, -0.2) is 74.2 Å². The first-order valence-electron chi connectivity index (χ1n) is 18.6. The second kappa shape index (κ2) is 36.9. The third-order valence-electron chi connectivity index (χ3n) is 8.37. The average Bonchev–Trinajstić information content (AvgIpc) is 3.25. The van der Waals surface area contributed by atoms with Crippen molar-refractivity contribution in [1.29, 1.82) is 0 Å². The number of phenols is 4. The number of unbranched alkanes of at least 4 members (excludes halogenated alkanes) is 3. The van der Waals surface area contributed by atoms with Crippen LogP contribution in [0.2, 0.25) is 13.3 Å². The molecule has 0 aliphatic carbocycles. The average molecular weight is 1280 g/mol. The fourth-order valence-electron chi connectivity index (χ4n) is 5.03. The number of oxime groups is 2. The monoisotopic (exact) mass is 1280 g/mol. The van der Waals surface area contributed by atoms with Gasteiger partial charge in [0.2, 0.25) is 0 Å². The van der Waals surface area contributed by atoms with Gasteiger partial charge in [-0.15, -0.1) is 0 Å². The fourth-order valence-corrected chi connectivity index (χ4v) is 19.0. The zero-order valence-corrected chi connectivity index (χ0v) is 43.7. The summed E-state index contributed by atoms with van der Waals surface area (Å²) in [6.07, 6.45) is 13.7. The maximum absolute atomic E-state index is 10.2. The van der Waals surface area contributed by atoms with Gasteiger partial charge in [-0.3, -0.25) is 9.59 Å². The van der Waals surface area contributed by atoms with Crippen LogP contribution in [-0.2, 0) is 0 Å². The Hall–Kier alpha value is -2.88. The third-order valence-corrected chi connectivity index (χ3v) is 23.7. The van der Waals surface area contributed by atoms with E-state index in [4.69, 9.17) is 25.7 Å². The van der Waals surface area contributed by atoms with Crippen molar-refractivity contribution in [2.45, 2.75) is 72.6 Å². The summed E-state index contributed by atoms with van der Waals surface area (Å²) < 4.78 is 9.08. The van der Waals surface area contributed by atoms with Crippen molar-refractivity contribution >= 4 is 125 Å². The Bertz CT molecular complexity index is 1840. The van der Waals surface area contributed by atoms with Gasteiger partial charge in [0.25, 0.3) is 0 Å². The van der Waals surface area contributed by atoms with Crippen LogP contribution in [0, 0.1) is 7.14 Å². The molecule has 0 saturated heterocycles. The fraction of sp³-hybridized carbons (Fsp3) is 0.273. The summed E-state index contributed by atoms with van der Waals surface area (Å²) in [5.41, 5.74) is 2.52. The normalized spacial score (nSPS) is 10.1. The van der Waals surface area contributed by atoms with E-state index in [0.717, 1.165) is 12.7 Å². The van der Waals surface area contributed by atoms with E-state index in [1.165, 1.54) is 69.2 Å². The first kappa shape index (κ1) is 58.2. The van der Waals surface area contributed by atoms with Crippen LogP contribution in [0.15, 0.2) is 106 Å². The van der Waals surface area contributed by atoms with E-state index in [2.05, 4.69) is 102 Å². The van der Waals surface area contributed by atoms with Crippen molar-refractivity contribution in [3.8, 4) is 23.0 Å². The summed E-state index contributed by atoms with van der Waals surface area (Å²) in [5.74, 6) is 0.268. The smallest absolute Gasteiger partial charge is 0.153 e. The van der Waals surface area contributed by atoms with Gasteiger partial charge in [-0.05, 0) is 120 Å². The van der Waals surface area contributed by atoms with Crippen molar-refractivity contribution in [2.75, 3.05) is 0 Å². The molecule has 4 aromatic rings. The molecule has 6 N–H and O–H groups in total. The number of carbonyl (C=O) groups is 2. The van der Waals surface area contributed by atoms with Gasteiger partial charge in [0.15, 0.2) is 12.6 Å². The summed E-state index contributed by atoms with van der Waals surface area (Å²) in [6.45, 7) is 14.7. The molecule has 0 bridgehead atoms. The Balaban J connectivity index is 0. The quantitative estimate of drug-likeness (QED) is 0.0170. The molecule has 0 amide bonds. The van der Waals surface area contributed by atoms with E-state index in [1.807, 2.05) is 0 Å². The summed E-state index contributed by atoms with van der Waals surface area (Å²) >= 11 is 3.95. The molecular weight excluding hydrogens is 1220 g/mol. The van der Waals surface area contributed by atoms with Gasteiger partial charge in [-0.2, -0.15) is 0 Å². The van der Waals surface area contributed by atoms with Crippen molar-refractivity contribution in [1.82, 2.24) is 0 Å². The van der Waals surface area contributed by atoms with Crippen molar-refractivity contribution < 1.29 is 40.4 Å². The number of para-hydroxylation sites is 1. The second-order valence-electron chi connectivity index (χ2n) is 12.6. The minimum Gasteiger partial charge on any atom is -0.507 e. The van der Waals surface area contributed by atoms with Gasteiger partial charge in [0, 0.05) is 39.7 Å². The number of carbonyl (C=O) groups excluding carboxylic acids is 2. The van der Waals surface area contributed by atoms with Crippen molar-refractivity contribution in [3.63, 3.8) is 0 Å². The molecule has 0 aromatic heterocycles. The van der Waals surface area contributed by atoms with Crippen LogP contribution in [0.1, 0.15) is 96.7 Å². The van der Waals surface area contributed by atoms with E-state index in [9.17, 15) is 14.7 Å². The predicted molar refractivity (Wildman–Crippen MR) is 272 cm³/mol. The zero-order chi connectivity index (χ0) is 45.1. The van der Waals surface area contributed by atoms with Crippen molar-refractivity contribution in [2.24, 2.45) is 10.3 Å². The van der Waals surface area contributed by atoms with Crippen LogP contribution in [0.4, 0.5) is 0 Å². The molecule has 0 aliphatic heterocycles. The molecule has 15 heteroatoms. The van der Waals surface area contributed by atoms with E-state index in [0.29, 0.717) is 34.8 Å². The molecule has 0 radical (unpaired) electrons. The van der Waals surface area contributed by atoms with E-state index >= 15 is 0 Å². The van der Waals surface area contributed by atoms with Crippen LogP contribution < -0.4 is 0 Å². The number of hydrogen-bond acceptors (Lipinski definition) is 10. The molecule has 0 saturated carbocycles. The standard InChI is InChI=1S/C9H9NO2.C7H6INO2.C7H5IO2.C7H6O2.3C4H9.C2H3.ClI.Sn/c1-2-7-3-4-9(11)8(5-7)6-10-12;8-6-1-2-7(10)5(3-6)4-9-11;8-6-1-2-7(10)5(3-6)4-9;8-5-6-3-1-2-4-7(6)9;3*1-3-4-2;2*1-2;/h2-6,11-12H,1H2;1-4,10-11H;1-4,10H;1-5,9H;3*1,3-4H2,2H3;1H,2H2;;/b10-6+;9-4+;;;;;;;;. The molecule has 4 aromatic carbocycles. The van der Waals surface area contributed by atoms with Gasteiger partial charge >= 0.3 is 102 Å². The largest absolute Gasteiger partial charge is 0.507 e. The number of benzene rings is 4. The predicted octanol–water partition coefficient (Wildman–Crippen LogP) is 13.8. The van der Waals surface area contributed by atoms with Gasteiger partial charge in [0.05, 0.1) is 23.6 Å². The Kier molecular flexibility index (Phi) is 36.4. The molecule has 0 unspecified atom stereocenters. The SMILES string of the molecule is C=Cc1ccc(O)c(/C=N/O)c1.C=[CH][Sn]([CH2]CCC)([CH2]CCC)[CH2]CCC.ClI.O/N=C/c1cc(I)ccc1O.O=Cc1cc(I)ccc1O.O=Cc1ccccc1O. The van der Waals surface area contributed by atoms with Crippen LogP contribution in [0.25, 0.3) is 6.08 Å². The first-order valence-corrected chi connectivity index (χ1v) is 31.2. The third kappa shape index (κ3) is 26.2. The number of nitrogens with zero attached hydrogens (tertiary/aromatic N) is 2. The van der Waals surface area contributed by atoms with Gasteiger partial charge < -0.3 is 30.8 Å². The minimum atomic E-state index is -1.85. The topological polar surface area (TPSA) is 180 Å². The summed E-state index contributed by atoms with van der Waals surface area (Å²) in [5, 5.41) is 58.3. The molecule has 0 aliphatic rings. The maximum atomic E-state index is 10.2. The molecule has 0 atom stereocenters. The molecule has 0 fully saturated rings. The first-order chi connectivity index (χ1) is 28.3. The van der Waals surface area contributed by atoms with Gasteiger partial charge in [0.1, 0.15) is 23.0 Å². The van der Waals surface area contributed by atoms with Gasteiger partial charge in [-0.25, -0.2) is 0 Å². The Morgan fingerprint density at radius 3 is 1.34 bits per heavy atom. The summed E-state index contributed by atoms with van der Waals surface area (Å²) in [6, 6.07) is 21.2. The molecular formula is C44H56ClI3N2O8Sn. The van der Waals surface area contributed by atoms with Gasteiger partial charge in [-0.1, -0.05) is 41.2 Å². The van der Waals surface area contributed by atoms with Crippen LogP contribution in [0.3, 0.4) is 0 Å². The number of hydrogen-bond donors (Lipinski definition) is 6.